The fraction of sp³-hybridized carbons (Fsp3) is 0.111. The summed E-state index contributed by atoms with van der Waals surface area (Å²) in [4.78, 5) is 10.7. The van der Waals surface area contributed by atoms with Gasteiger partial charge in [-0.2, -0.15) is 5.10 Å². The maximum Gasteiger partial charge on any atom is 0.334 e. The normalized spacial score (nSPS) is 10.1. The number of hydrogen-bond donors (Lipinski definition) is 2. The third-order valence-electron chi connectivity index (χ3n) is 1.48. The molecule has 2 N–H and O–H groups in total. The molecule has 74 valence electrons. The number of benzene rings is 1. The zero-order valence-electron chi connectivity index (χ0n) is 7.62. The van der Waals surface area contributed by atoms with Crippen LogP contribution < -0.4 is 10.7 Å². The second-order valence-corrected chi connectivity index (χ2v) is 2.50. The number of halogens is 1. The average molecular weight is 195 g/mol. The van der Waals surface area contributed by atoms with E-state index in [9.17, 15) is 9.18 Å². The van der Waals surface area contributed by atoms with Gasteiger partial charge in [-0.3, -0.25) is 0 Å². The monoisotopic (exact) mass is 195 g/mol. The van der Waals surface area contributed by atoms with Crippen molar-refractivity contribution in [1.29, 1.82) is 0 Å². The van der Waals surface area contributed by atoms with E-state index in [1.54, 1.807) is 12.1 Å². The molecule has 1 aromatic carbocycles. The lowest BCUT2D eigenvalue weighted by atomic mass is 10.2. The van der Waals surface area contributed by atoms with Gasteiger partial charge in [0.25, 0.3) is 0 Å². The van der Waals surface area contributed by atoms with Gasteiger partial charge in [0.1, 0.15) is 5.82 Å². The number of urea groups is 1. The van der Waals surface area contributed by atoms with Gasteiger partial charge in [0.05, 0.1) is 6.21 Å². The topological polar surface area (TPSA) is 53.5 Å². The first-order valence-corrected chi connectivity index (χ1v) is 3.98. The Balaban J connectivity index is 2.52. The minimum Gasteiger partial charge on any atom is -0.340 e. The van der Waals surface area contributed by atoms with Crippen molar-refractivity contribution in [1.82, 2.24) is 10.7 Å². The quantitative estimate of drug-likeness (QED) is 0.538. The van der Waals surface area contributed by atoms with Crippen LogP contribution in [0.2, 0.25) is 0 Å². The first-order chi connectivity index (χ1) is 6.72. The third kappa shape index (κ3) is 3.22. The van der Waals surface area contributed by atoms with Crippen molar-refractivity contribution in [3.63, 3.8) is 0 Å². The third-order valence-corrected chi connectivity index (χ3v) is 1.48. The van der Waals surface area contributed by atoms with E-state index in [4.69, 9.17) is 0 Å². The molecule has 0 spiro atoms. The zero-order valence-corrected chi connectivity index (χ0v) is 7.62. The molecule has 0 unspecified atom stereocenters. The summed E-state index contributed by atoms with van der Waals surface area (Å²) in [6, 6.07) is 5.36. The fourth-order valence-electron chi connectivity index (χ4n) is 0.770. The number of carbonyl (C=O) groups excluding carboxylic acids is 1. The lowest BCUT2D eigenvalue weighted by Crippen LogP contribution is -2.28. The van der Waals surface area contributed by atoms with Crippen molar-refractivity contribution in [3.05, 3.63) is 35.6 Å². The Labute approximate surface area is 80.8 Å². The van der Waals surface area contributed by atoms with Crippen LogP contribution in [0.1, 0.15) is 5.56 Å². The number of hydrogen-bond acceptors (Lipinski definition) is 2. The van der Waals surface area contributed by atoms with Gasteiger partial charge >= 0.3 is 6.03 Å². The lowest BCUT2D eigenvalue weighted by Gasteiger charge is -1.96. The smallest absolute Gasteiger partial charge is 0.334 e. The number of carbonyl (C=O) groups is 1. The van der Waals surface area contributed by atoms with E-state index in [0.29, 0.717) is 5.56 Å². The summed E-state index contributed by atoms with van der Waals surface area (Å²) in [5.41, 5.74) is 2.93. The highest BCUT2D eigenvalue weighted by molar-refractivity contribution is 5.81. The molecule has 1 rings (SSSR count). The molecule has 0 aliphatic rings. The summed E-state index contributed by atoms with van der Waals surface area (Å²) in [5.74, 6) is -0.304. The molecule has 0 heterocycles. The highest BCUT2D eigenvalue weighted by atomic mass is 19.1. The standard InChI is InChI=1S/C9H10FN3O/c1-11-9(14)13-12-6-7-2-4-8(10)5-3-7/h2-6H,1H3,(H2,11,13,14)/b12-6+. The molecule has 0 saturated heterocycles. The SMILES string of the molecule is CNC(=O)N/N=C/c1ccc(F)cc1. The first kappa shape index (κ1) is 10.2. The van der Waals surface area contributed by atoms with Crippen molar-refractivity contribution in [2.75, 3.05) is 7.05 Å². The van der Waals surface area contributed by atoms with Crippen LogP contribution in [-0.4, -0.2) is 19.3 Å². The van der Waals surface area contributed by atoms with Crippen molar-refractivity contribution in [2.24, 2.45) is 5.10 Å². The summed E-state index contributed by atoms with van der Waals surface area (Å²) < 4.78 is 12.5. The predicted molar refractivity (Wildman–Crippen MR) is 51.6 cm³/mol. The maximum absolute atomic E-state index is 12.5. The molecular formula is C9H10FN3O. The van der Waals surface area contributed by atoms with Gasteiger partial charge in [0.15, 0.2) is 0 Å². The summed E-state index contributed by atoms with van der Waals surface area (Å²) in [7, 11) is 1.49. The highest BCUT2D eigenvalue weighted by Gasteiger charge is 1.91. The van der Waals surface area contributed by atoms with Crippen LogP contribution in [0.3, 0.4) is 0 Å². The number of nitrogens with zero attached hydrogens (tertiary/aromatic N) is 1. The average Bonchev–Trinajstić information content (AvgIpc) is 2.21. The second-order valence-electron chi connectivity index (χ2n) is 2.50. The Morgan fingerprint density at radius 3 is 2.64 bits per heavy atom. The molecular weight excluding hydrogens is 185 g/mol. The molecule has 0 atom stereocenters. The Morgan fingerprint density at radius 2 is 2.07 bits per heavy atom. The molecule has 0 saturated carbocycles. The van der Waals surface area contributed by atoms with Gasteiger partial charge in [-0.1, -0.05) is 12.1 Å². The van der Waals surface area contributed by atoms with E-state index in [1.807, 2.05) is 0 Å². The van der Waals surface area contributed by atoms with E-state index in [2.05, 4.69) is 15.8 Å². The Kier molecular flexibility index (Phi) is 3.60. The van der Waals surface area contributed by atoms with Crippen LogP contribution in [0.25, 0.3) is 0 Å². The second kappa shape index (κ2) is 4.96. The number of nitrogens with one attached hydrogen (secondary N) is 2. The van der Waals surface area contributed by atoms with E-state index in [0.717, 1.165) is 0 Å². The van der Waals surface area contributed by atoms with Crippen molar-refractivity contribution in [2.45, 2.75) is 0 Å². The van der Waals surface area contributed by atoms with Crippen LogP contribution in [0, 0.1) is 5.82 Å². The molecule has 14 heavy (non-hydrogen) atoms. The van der Waals surface area contributed by atoms with Crippen molar-refractivity contribution >= 4 is 12.2 Å². The van der Waals surface area contributed by atoms with Gasteiger partial charge < -0.3 is 5.32 Å². The summed E-state index contributed by atoms with van der Waals surface area (Å²) >= 11 is 0. The molecule has 0 aliphatic heterocycles. The van der Waals surface area contributed by atoms with Crippen LogP contribution in [0.4, 0.5) is 9.18 Å². The highest BCUT2D eigenvalue weighted by Crippen LogP contribution is 1.99. The van der Waals surface area contributed by atoms with Gasteiger partial charge in [0.2, 0.25) is 0 Å². The lowest BCUT2D eigenvalue weighted by molar-refractivity contribution is 0.243. The van der Waals surface area contributed by atoms with Crippen LogP contribution in [0.5, 0.6) is 0 Å². The molecule has 0 aromatic heterocycles. The van der Waals surface area contributed by atoms with Crippen molar-refractivity contribution in [3.8, 4) is 0 Å². The van der Waals surface area contributed by atoms with E-state index < -0.39 is 6.03 Å². The summed E-state index contributed by atoms with van der Waals surface area (Å²) in [6.07, 6.45) is 1.43. The van der Waals surface area contributed by atoms with Gasteiger partial charge in [-0.25, -0.2) is 14.6 Å². The minimum atomic E-state index is -0.400. The molecule has 5 heteroatoms. The maximum atomic E-state index is 12.5. The number of rotatable bonds is 2. The van der Waals surface area contributed by atoms with Crippen LogP contribution in [0.15, 0.2) is 29.4 Å². The molecule has 1 aromatic rings. The molecule has 4 nitrogen and oxygen atoms in total. The van der Waals surface area contributed by atoms with E-state index in [1.165, 1.54) is 25.4 Å². The number of amides is 2. The Morgan fingerprint density at radius 1 is 1.43 bits per heavy atom. The van der Waals surface area contributed by atoms with Gasteiger partial charge in [-0.05, 0) is 17.7 Å². The van der Waals surface area contributed by atoms with Gasteiger partial charge in [0, 0.05) is 7.05 Å². The molecule has 0 fully saturated rings. The molecule has 2 amide bonds. The van der Waals surface area contributed by atoms with Gasteiger partial charge in [-0.15, -0.1) is 0 Å². The van der Waals surface area contributed by atoms with E-state index >= 15 is 0 Å². The molecule has 0 bridgehead atoms. The number of hydrazone groups is 1. The first-order valence-electron chi connectivity index (χ1n) is 3.98. The fourth-order valence-corrected chi connectivity index (χ4v) is 0.770. The van der Waals surface area contributed by atoms with Crippen LogP contribution in [-0.2, 0) is 0 Å². The molecule has 0 aliphatic carbocycles. The zero-order chi connectivity index (χ0) is 10.4. The minimum absolute atomic E-state index is 0.304. The predicted octanol–water partition coefficient (Wildman–Crippen LogP) is 1.09. The summed E-state index contributed by atoms with van der Waals surface area (Å²) in [5, 5.41) is 5.97. The summed E-state index contributed by atoms with van der Waals surface area (Å²) in [6.45, 7) is 0. The Hall–Kier alpha value is -1.91. The van der Waals surface area contributed by atoms with Crippen LogP contribution >= 0.6 is 0 Å². The van der Waals surface area contributed by atoms with Crippen molar-refractivity contribution < 1.29 is 9.18 Å². The Bertz CT molecular complexity index is 334. The largest absolute Gasteiger partial charge is 0.340 e. The van der Waals surface area contributed by atoms with E-state index in [-0.39, 0.29) is 5.82 Å². The molecule has 0 radical (unpaired) electrons.